The predicted molar refractivity (Wildman–Crippen MR) is 92.5 cm³/mol. The minimum absolute atomic E-state index is 0.260. The van der Waals surface area contributed by atoms with Gasteiger partial charge in [0.05, 0.1) is 25.1 Å². The SMILES string of the molecule is COc1ccccc1NC(=O)[C@H](CC(=O)O)Cc1ccc(Cl)cc1. The number of methoxy groups -OCH3 is 1. The summed E-state index contributed by atoms with van der Waals surface area (Å²) in [5, 5.41) is 12.4. The third-order valence-corrected chi connectivity index (χ3v) is 3.80. The van der Waals surface area contributed by atoms with Gasteiger partial charge >= 0.3 is 5.97 Å². The molecule has 0 unspecified atom stereocenters. The summed E-state index contributed by atoms with van der Waals surface area (Å²) >= 11 is 5.85. The second-order valence-corrected chi connectivity index (χ2v) is 5.75. The molecule has 0 spiro atoms. The highest BCUT2D eigenvalue weighted by molar-refractivity contribution is 6.30. The Morgan fingerprint density at radius 3 is 2.46 bits per heavy atom. The molecule has 0 saturated heterocycles. The van der Waals surface area contributed by atoms with Gasteiger partial charge in [-0.15, -0.1) is 0 Å². The quantitative estimate of drug-likeness (QED) is 0.802. The van der Waals surface area contributed by atoms with E-state index in [-0.39, 0.29) is 12.3 Å². The van der Waals surface area contributed by atoms with E-state index in [0.29, 0.717) is 22.9 Å². The monoisotopic (exact) mass is 347 g/mol. The fourth-order valence-electron chi connectivity index (χ4n) is 2.36. The molecule has 0 fully saturated rings. The number of carbonyl (C=O) groups is 2. The number of hydrogen-bond donors (Lipinski definition) is 2. The Morgan fingerprint density at radius 2 is 1.83 bits per heavy atom. The van der Waals surface area contributed by atoms with Crippen molar-refractivity contribution in [3.63, 3.8) is 0 Å². The Balaban J connectivity index is 2.15. The van der Waals surface area contributed by atoms with E-state index in [1.807, 2.05) is 0 Å². The number of aliphatic carboxylic acids is 1. The van der Waals surface area contributed by atoms with Crippen LogP contribution in [0.15, 0.2) is 48.5 Å². The minimum Gasteiger partial charge on any atom is -0.495 e. The zero-order chi connectivity index (χ0) is 17.5. The van der Waals surface area contributed by atoms with Crippen LogP contribution in [0.5, 0.6) is 5.75 Å². The number of carboxylic acids is 1. The third kappa shape index (κ3) is 4.99. The van der Waals surface area contributed by atoms with Gasteiger partial charge in [-0.1, -0.05) is 35.9 Å². The molecule has 0 radical (unpaired) electrons. The van der Waals surface area contributed by atoms with Crippen LogP contribution in [-0.4, -0.2) is 24.1 Å². The fourth-order valence-corrected chi connectivity index (χ4v) is 2.48. The Morgan fingerprint density at radius 1 is 1.17 bits per heavy atom. The molecule has 2 aromatic carbocycles. The largest absolute Gasteiger partial charge is 0.495 e. The smallest absolute Gasteiger partial charge is 0.304 e. The maximum absolute atomic E-state index is 12.5. The number of rotatable bonds is 7. The first-order valence-electron chi connectivity index (χ1n) is 7.39. The summed E-state index contributed by atoms with van der Waals surface area (Å²) in [4.78, 5) is 23.6. The summed E-state index contributed by atoms with van der Waals surface area (Å²) < 4.78 is 5.19. The summed E-state index contributed by atoms with van der Waals surface area (Å²) in [6.07, 6.45) is 0.0497. The van der Waals surface area contributed by atoms with Gasteiger partial charge in [0, 0.05) is 5.02 Å². The standard InChI is InChI=1S/C18H18ClNO4/c1-24-16-5-3-2-4-15(16)20-18(23)13(11-17(21)22)10-12-6-8-14(19)9-7-12/h2-9,13H,10-11H2,1H3,(H,20,23)(H,21,22)/t13-/m0/s1. The molecule has 6 heteroatoms. The van der Waals surface area contributed by atoms with Crippen LogP contribution >= 0.6 is 11.6 Å². The van der Waals surface area contributed by atoms with Gasteiger partial charge in [0.15, 0.2) is 0 Å². The van der Waals surface area contributed by atoms with Crippen LogP contribution in [0.2, 0.25) is 5.02 Å². The molecule has 2 aromatic rings. The molecule has 1 atom stereocenters. The highest BCUT2D eigenvalue weighted by Gasteiger charge is 2.23. The van der Waals surface area contributed by atoms with Crippen molar-refractivity contribution in [3.8, 4) is 5.75 Å². The summed E-state index contributed by atoms with van der Waals surface area (Å²) in [5.74, 6) is -1.57. The highest BCUT2D eigenvalue weighted by atomic mass is 35.5. The van der Waals surface area contributed by atoms with Crippen molar-refractivity contribution in [1.29, 1.82) is 0 Å². The lowest BCUT2D eigenvalue weighted by Gasteiger charge is -2.16. The summed E-state index contributed by atoms with van der Waals surface area (Å²) in [6, 6.07) is 14.0. The van der Waals surface area contributed by atoms with Crippen LogP contribution in [0.3, 0.4) is 0 Å². The van der Waals surface area contributed by atoms with E-state index in [1.165, 1.54) is 7.11 Å². The van der Waals surface area contributed by atoms with Gasteiger partial charge in [-0.2, -0.15) is 0 Å². The van der Waals surface area contributed by atoms with Crippen LogP contribution in [0.1, 0.15) is 12.0 Å². The van der Waals surface area contributed by atoms with Gasteiger partial charge in [0.1, 0.15) is 5.75 Å². The molecule has 2 N–H and O–H groups in total. The Labute approximate surface area is 145 Å². The van der Waals surface area contributed by atoms with E-state index >= 15 is 0 Å². The van der Waals surface area contributed by atoms with E-state index in [0.717, 1.165) is 5.56 Å². The molecule has 2 rings (SSSR count). The lowest BCUT2D eigenvalue weighted by Crippen LogP contribution is -2.27. The number of para-hydroxylation sites is 2. The van der Waals surface area contributed by atoms with Crippen LogP contribution in [0, 0.1) is 5.92 Å². The first-order valence-corrected chi connectivity index (χ1v) is 7.77. The molecule has 1 amide bonds. The number of ether oxygens (including phenoxy) is 1. The van der Waals surface area contributed by atoms with Gasteiger partial charge in [-0.3, -0.25) is 9.59 Å². The van der Waals surface area contributed by atoms with Gasteiger partial charge in [-0.25, -0.2) is 0 Å². The second-order valence-electron chi connectivity index (χ2n) is 5.31. The Hall–Kier alpha value is -2.53. The van der Waals surface area contributed by atoms with Gasteiger partial charge in [0.25, 0.3) is 0 Å². The number of halogens is 1. The van der Waals surface area contributed by atoms with Crippen molar-refractivity contribution in [1.82, 2.24) is 0 Å². The molecule has 126 valence electrons. The first-order chi connectivity index (χ1) is 11.5. The maximum atomic E-state index is 12.5. The molecule has 0 saturated carbocycles. The van der Waals surface area contributed by atoms with Gasteiger partial charge < -0.3 is 15.2 Å². The number of carboxylic acid groups (broad SMARTS) is 1. The van der Waals surface area contributed by atoms with Crippen molar-refractivity contribution in [3.05, 3.63) is 59.1 Å². The second kappa shape index (κ2) is 8.36. The lowest BCUT2D eigenvalue weighted by atomic mass is 9.95. The molecular formula is C18H18ClNO4. The van der Waals surface area contributed by atoms with Crippen molar-refractivity contribution < 1.29 is 19.4 Å². The van der Waals surface area contributed by atoms with Crippen molar-refractivity contribution in [2.24, 2.45) is 5.92 Å². The van der Waals surface area contributed by atoms with Crippen molar-refractivity contribution in [2.45, 2.75) is 12.8 Å². The van der Waals surface area contributed by atoms with E-state index in [4.69, 9.17) is 21.4 Å². The van der Waals surface area contributed by atoms with Crippen LogP contribution in [0.4, 0.5) is 5.69 Å². The average molecular weight is 348 g/mol. The van der Waals surface area contributed by atoms with Crippen molar-refractivity contribution in [2.75, 3.05) is 12.4 Å². The summed E-state index contributed by atoms with van der Waals surface area (Å²) in [6.45, 7) is 0. The number of benzene rings is 2. The molecule has 0 aromatic heterocycles. The molecule has 0 aliphatic carbocycles. The third-order valence-electron chi connectivity index (χ3n) is 3.55. The molecule has 0 aliphatic rings. The maximum Gasteiger partial charge on any atom is 0.304 e. The number of amides is 1. The molecule has 5 nitrogen and oxygen atoms in total. The molecule has 0 aliphatic heterocycles. The molecular weight excluding hydrogens is 330 g/mol. The topological polar surface area (TPSA) is 75.6 Å². The van der Waals surface area contributed by atoms with Gasteiger partial charge in [-0.05, 0) is 36.2 Å². The zero-order valence-electron chi connectivity index (χ0n) is 13.2. The van der Waals surface area contributed by atoms with Gasteiger partial charge in [0.2, 0.25) is 5.91 Å². The summed E-state index contributed by atoms with van der Waals surface area (Å²) in [5.41, 5.74) is 1.36. The van der Waals surface area contributed by atoms with E-state index in [2.05, 4.69) is 5.32 Å². The number of anilines is 1. The molecule has 0 bridgehead atoms. The van der Waals surface area contributed by atoms with E-state index in [1.54, 1.807) is 48.5 Å². The van der Waals surface area contributed by atoms with Crippen LogP contribution < -0.4 is 10.1 Å². The number of nitrogens with one attached hydrogen (secondary N) is 1. The first kappa shape index (κ1) is 17.8. The zero-order valence-corrected chi connectivity index (χ0v) is 13.9. The summed E-state index contributed by atoms with van der Waals surface area (Å²) in [7, 11) is 1.51. The normalized spacial score (nSPS) is 11.6. The molecule has 0 heterocycles. The minimum atomic E-state index is -1.02. The Kier molecular flexibility index (Phi) is 6.21. The predicted octanol–water partition coefficient (Wildman–Crippen LogP) is 3.62. The molecule has 24 heavy (non-hydrogen) atoms. The Bertz CT molecular complexity index is 715. The van der Waals surface area contributed by atoms with E-state index < -0.39 is 11.9 Å². The fraction of sp³-hybridized carbons (Fsp3) is 0.222. The number of carbonyl (C=O) groups excluding carboxylic acids is 1. The average Bonchev–Trinajstić information content (AvgIpc) is 2.56. The lowest BCUT2D eigenvalue weighted by molar-refractivity contribution is -0.140. The highest BCUT2D eigenvalue weighted by Crippen LogP contribution is 2.25. The van der Waals surface area contributed by atoms with Crippen LogP contribution in [-0.2, 0) is 16.0 Å². The van der Waals surface area contributed by atoms with Crippen molar-refractivity contribution >= 4 is 29.2 Å². The van der Waals surface area contributed by atoms with Crippen LogP contribution in [0.25, 0.3) is 0 Å². The van der Waals surface area contributed by atoms with E-state index in [9.17, 15) is 9.59 Å². The number of hydrogen-bond acceptors (Lipinski definition) is 3.